The third-order valence-electron chi connectivity index (χ3n) is 6.25. The molecule has 0 spiro atoms. The van der Waals surface area contributed by atoms with Crippen molar-refractivity contribution in [3.8, 4) is 10.6 Å². The highest BCUT2D eigenvalue weighted by molar-refractivity contribution is 7.13. The number of rotatable bonds is 6. The zero-order valence-electron chi connectivity index (χ0n) is 18.3. The molecule has 0 amide bonds. The van der Waals surface area contributed by atoms with Gasteiger partial charge in [-0.2, -0.15) is 0 Å². The van der Waals surface area contributed by atoms with Gasteiger partial charge < -0.3 is 0 Å². The van der Waals surface area contributed by atoms with Gasteiger partial charge in [0.25, 0.3) is 0 Å². The SMILES string of the molecule is Cc1cc(Cc2csc(-c3ccc4c(c3)CCC(F)(F)CC4)n2)c(C)cc1CC[N+](=O)[O-]. The Balaban J connectivity index is 1.51. The molecule has 1 aromatic heterocycles. The van der Waals surface area contributed by atoms with Crippen molar-refractivity contribution in [3.63, 3.8) is 0 Å². The number of fused-ring (bicyclic) bond motifs is 1. The van der Waals surface area contributed by atoms with E-state index in [1.165, 1.54) is 0 Å². The Labute approximate surface area is 190 Å². The highest BCUT2D eigenvalue weighted by atomic mass is 32.1. The summed E-state index contributed by atoms with van der Waals surface area (Å²) >= 11 is 1.57. The van der Waals surface area contributed by atoms with Crippen molar-refractivity contribution < 1.29 is 13.7 Å². The number of benzene rings is 2. The van der Waals surface area contributed by atoms with Crippen molar-refractivity contribution >= 4 is 11.3 Å². The van der Waals surface area contributed by atoms with Gasteiger partial charge >= 0.3 is 0 Å². The molecule has 4 nitrogen and oxygen atoms in total. The van der Waals surface area contributed by atoms with Crippen molar-refractivity contribution in [2.45, 2.75) is 58.3 Å². The van der Waals surface area contributed by atoms with Crippen LogP contribution in [-0.2, 0) is 25.7 Å². The van der Waals surface area contributed by atoms with Crippen molar-refractivity contribution in [1.29, 1.82) is 0 Å². The lowest BCUT2D eigenvalue weighted by molar-refractivity contribution is -0.479. The van der Waals surface area contributed by atoms with E-state index in [9.17, 15) is 18.9 Å². The first-order valence-electron chi connectivity index (χ1n) is 10.9. The molecule has 0 saturated heterocycles. The van der Waals surface area contributed by atoms with Crippen LogP contribution in [0.4, 0.5) is 8.78 Å². The number of aryl methyl sites for hydroxylation is 4. The first-order valence-corrected chi connectivity index (χ1v) is 11.7. The van der Waals surface area contributed by atoms with Gasteiger partial charge in [0, 0.05) is 41.6 Å². The van der Waals surface area contributed by atoms with Crippen LogP contribution in [0.1, 0.15) is 51.9 Å². The molecule has 0 fully saturated rings. The number of hydrogen-bond acceptors (Lipinski definition) is 4. The molecule has 0 saturated carbocycles. The third kappa shape index (κ3) is 5.21. The fraction of sp³-hybridized carbons (Fsp3) is 0.400. The fourth-order valence-corrected chi connectivity index (χ4v) is 5.14. The molecule has 168 valence electrons. The smallest absolute Gasteiger partial charge is 0.248 e. The lowest BCUT2D eigenvalue weighted by Crippen LogP contribution is -2.15. The standard InChI is InChI=1S/C25H26F2N2O2S/c1-16-12-22(17(2)11-19(16)7-10-29(30)31)14-23-15-32-24(28-23)21-4-3-18-5-8-25(26,27)9-6-20(18)13-21/h3-4,11-13,15H,5-10,14H2,1-2H3. The fourth-order valence-electron chi connectivity index (χ4n) is 4.32. The van der Waals surface area contributed by atoms with E-state index in [0.717, 1.165) is 49.6 Å². The molecule has 3 aromatic rings. The molecular formula is C25H26F2N2O2S. The van der Waals surface area contributed by atoms with E-state index in [2.05, 4.69) is 6.07 Å². The Morgan fingerprint density at radius 3 is 2.50 bits per heavy atom. The van der Waals surface area contributed by atoms with Crippen molar-refractivity contribution in [2.24, 2.45) is 0 Å². The number of aromatic nitrogens is 1. The minimum atomic E-state index is -2.58. The lowest BCUT2D eigenvalue weighted by atomic mass is 9.96. The molecular weight excluding hydrogens is 430 g/mol. The van der Waals surface area contributed by atoms with E-state index in [1.54, 1.807) is 11.3 Å². The second-order valence-electron chi connectivity index (χ2n) is 8.67. The van der Waals surface area contributed by atoms with Crippen LogP contribution in [0.5, 0.6) is 0 Å². The molecule has 0 radical (unpaired) electrons. The van der Waals surface area contributed by atoms with Crippen LogP contribution in [0.25, 0.3) is 10.6 Å². The average Bonchev–Trinajstić information content (AvgIpc) is 3.14. The van der Waals surface area contributed by atoms with Gasteiger partial charge in [-0.25, -0.2) is 13.8 Å². The van der Waals surface area contributed by atoms with E-state index in [4.69, 9.17) is 4.98 Å². The number of nitro groups is 1. The summed E-state index contributed by atoms with van der Waals surface area (Å²) in [6.45, 7) is 3.96. The zero-order chi connectivity index (χ0) is 22.9. The van der Waals surface area contributed by atoms with Crippen LogP contribution >= 0.6 is 11.3 Å². The van der Waals surface area contributed by atoms with Crippen LogP contribution in [-0.4, -0.2) is 22.4 Å². The van der Waals surface area contributed by atoms with E-state index < -0.39 is 5.92 Å². The molecule has 1 aliphatic carbocycles. The molecule has 2 aromatic carbocycles. The Morgan fingerprint density at radius 2 is 1.75 bits per heavy atom. The Hall–Kier alpha value is -2.67. The van der Waals surface area contributed by atoms with E-state index in [0.29, 0.717) is 25.7 Å². The van der Waals surface area contributed by atoms with Gasteiger partial charge in [0.15, 0.2) is 0 Å². The summed E-state index contributed by atoms with van der Waals surface area (Å²) in [5, 5.41) is 13.6. The van der Waals surface area contributed by atoms with Crippen molar-refractivity contribution in [3.05, 3.63) is 84.9 Å². The molecule has 0 atom stereocenters. The Bertz CT molecular complexity index is 1160. The quantitative estimate of drug-likeness (QED) is 0.247. The summed E-state index contributed by atoms with van der Waals surface area (Å²) in [5.74, 6) is -2.58. The molecule has 0 bridgehead atoms. The molecule has 1 heterocycles. The summed E-state index contributed by atoms with van der Waals surface area (Å²) in [4.78, 5) is 15.2. The van der Waals surface area contributed by atoms with Gasteiger partial charge in [0.2, 0.25) is 12.5 Å². The van der Waals surface area contributed by atoms with Gasteiger partial charge in [-0.05, 0) is 66.1 Å². The molecule has 0 unspecified atom stereocenters. The first kappa shape index (κ1) is 22.5. The molecule has 7 heteroatoms. The summed E-state index contributed by atoms with van der Waals surface area (Å²) in [6.07, 6.45) is 1.77. The number of thiazole rings is 1. The molecule has 4 rings (SSSR count). The normalized spacial score (nSPS) is 15.2. The number of alkyl halides is 2. The molecule has 1 aliphatic rings. The third-order valence-corrected chi connectivity index (χ3v) is 7.20. The topological polar surface area (TPSA) is 56.0 Å². The molecule has 0 aliphatic heterocycles. The van der Waals surface area contributed by atoms with Crippen molar-refractivity contribution in [2.75, 3.05) is 6.54 Å². The average molecular weight is 457 g/mol. The van der Waals surface area contributed by atoms with Gasteiger partial charge in [-0.15, -0.1) is 11.3 Å². The van der Waals surface area contributed by atoms with Gasteiger partial charge in [-0.3, -0.25) is 10.1 Å². The predicted octanol–water partition coefficient (Wildman–Crippen LogP) is 6.35. The van der Waals surface area contributed by atoms with E-state index in [1.807, 2.05) is 43.5 Å². The monoisotopic (exact) mass is 456 g/mol. The van der Waals surface area contributed by atoms with Crippen LogP contribution in [0.15, 0.2) is 35.7 Å². The van der Waals surface area contributed by atoms with Gasteiger partial charge in [-0.1, -0.05) is 24.3 Å². The highest BCUT2D eigenvalue weighted by Crippen LogP contribution is 2.34. The summed E-state index contributed by atoms with van der Waals surface area (Å²) in [7, 11) is 0. The van der Waals surface area contributed by atoms with Crippen LogP contribution in [0, 0.1) is 24.0 Å². The van der Waals surface area contributed by atoms with E-state index in [-0.39, 0.29) is 24.3 Å². The summed E-state index contributed by atoms with van der Waals surface area (Å²) < 4.78 is 27.6. The zero-order valence-corrected chi connectivity index (χ0v) is 19.1. The van der Waals surface area contributed by atoms with Crippen molar-refractivity contribution in [1.82, 2.24) is 4.98 Å². The maximum Gasteiger partial charge on any atom is 0.248 e. The predicted molar refractivity (Wildman–Crippen MR) is 123 cm³/mol. The maximum atomic E-state index is 13.8. The van der Waals surface area contributed by atoms with Crippen LogP contribution < -0.4 is 0 Å². The Morgan fingerprint density at radius 1 is 1.06 bits per heavy atom. The summed E-state index contributed by atoms with van der Waals surface area (Å²) in [6, 6.07) is 10.1. The van der Waals surface area contributed by atoms with Gasteiger partial charge in [0.1, 0.15) is 5.01 Å². The summed E-state index contributed by atoms with van der Waals surface area (Å²) in [5.41, 5.74) is 8.31. The van der Waals surface area contributed by atoms with E-state index >= 15 is 0 Å². The highest BCUT2D eigenvalue weighted by Gasteiger charge is 2.31. The minimum Gasteiger partial charge on any atom is -0.265 e. The lowest BCUT2D eigenvalue weighted by Gasteiger charge is -2.11. The largest absolute Gasteiger partial charge is 0.265 e. The Kier molecular flexibility index (Phi) is 6.38. The van der Waals surface area contributed by atoms with Crippen LogP contribution in [0.3, 0.4) is 0 Å². The molecule has 0 N–H and O–H groups in total. The minimum absolute atomic E-state index is 0.0620. The van der Waals surface area contributed by atoms with Crippen LogP contribution in [0.2, 0.25) is 0 Å². The molecule has 32 heavy (non-hydrogen) atoms. The number of nitrogens with zero attached hydrogens (tertiary/aromatic N) is 2. The first-order chi connectivity index (χ1) is 15.2. The number of halogens is 2. The second-order valence-corrected chi connectivity index (χ2v) is 9.53. The maximum absolute atomic E-state index is 13.8. The second kappa shape index (κ2) is 9.06. The van der Waals surface area contributed by atoms with Gasteiger partial charge in [0.05, 0.1) is 5.69 Å². The number of hydrogen-bond donors (Lipinski definition) is 0.